The first-order chi connectivity index (χ1) is 11.5. The molecule has 1 aromatic carbocycles. The van der Waals surface area contributed by atoms with Crippen molar-refractivity contribution in [3.05, 3.63) is 29.8 Å². The summed E-state index contributed by atoms with van der Waals surface area (Å²) in [5, 5.41) is 12.3. The van der Waals surface area contributed by atoms with Crippen molar-refractivity contribution in [1.29, 1.82) is 0 Å². The molecule has 2 rings (SSSR count). The molecule has 1 aromatic rings. The molecule has 1 saturated heterocycles. The molecule has 0 bridgehead atoms. The van der Waals surface area contributed by atoms with E-state index in [2.05, 4.69) is 22.3 Å². The first-order valence-corrected chi connectivity index (χ1v) is 8.93. The zero-order valence-electron chi connectivity index (χ0n) is 15.2. The summed E-state index contributed by atoms with van der Waals surface area (Å²) >= 11 is 0. The number of hydrogen-bond acceptors (Lipinski definition) is 4. The lowest BCUT2D eigenvalue weighted by molar-refractivity contribution is -0.120. The van der Waals surface area contributed by atoms with Gasteiger partial charge >= 0.3 is 0 Å². The van der Waals surface area contributed by atoms with Crippen molar-refractivity contribution in [1.82, 2.24) is 9.80 Å². The highest BCUT2D eigenvalue weighted by atomic mass is 16.3. The predicted molar refractivity (Wildman–Crippen MR) is 97.9 cm³/mol. The lowest BCUT2D eigenvalue weighted by Crippen LogP contribution is -2.39. The Morgan fingerprint density at radius 3 is 2.67 bits per heavy atom. The number of hydrogen-bond donors (Lipinski definition) is 2. The average Bonchev–Trinajstić information content (AvgIpc) is 2.56. The third-order valence-electron chi connectivity index (χ3n) is 4.88. The molecule has 1 fully saturated rings. The highest BCUT2D eigenvalue weighted by Crippen LogP contribution is 2.20. The fraction of sp³-hybridized carbons (Fsp3) is 0.632. The summed E-state index contributed by atoms with van der Waals surface area (Å²) in [5.74, 6) is 0.507. The molecular weight excluding hydrogens is 302 g/mol. The van der Waals surface area contributed by atoms with Crippen LogP contribution < -0.4 is 5.32 Å². The second-order valence-electron chi connectivity index (χ2n) is 6.98. The average molecular weight is 333 g/mol. The maximum absolute atomic E-state index is 12.4. The highest BCUT2D eigenvalue weighted by Gasteiger charge is 2.20. The monoisotopic (exact) mass is 333 g/mol. The molecule has 1 atom stereocenters. The number of anilines is 1. The van der Waals surface area contributed by atoms with Crippen LogP contribution in [0.3, 0.4) is 0 Å². The largest absolute Gasteiger partial charge is 0.396 e. The van der Waals surface area contributed by atoms with Crippen molar-refractivity contribution in [2.45, 2.75) is 38.8 Å². The third kappa shape index (κ3) is 5.30. The molecule has 2 N–H and O–H groups in total. The number of carbonyl (C=O) groups excluding carboxylic acids is 1. The molecule has 5 nitrogen and oxygen atoms in total. The summed E-state index contributed by atoms with van der Waals surface area (Å²) in [5.41, 5.74) is 2.08. The van der Waals surface area contributed by atoms with Gasteiger partial charge in [0.05, 0.1) is 6.04 Å². The molecule has 0 radical (unpaired) electrons. The Morgan fingerprint density at radius 2 is 2.08 bits per heavy atom. The minimum Gasteiger partial charge on any atom is -0.396 e. The van der Waals surface area contributed by atoms with E-state index in [1.807, 2.05) is 38.1 Å². The molecule has 1 aliphatic heterocycles. The van der Waals surface area contributed by atoms with Gasteiger partial charge in [0.2, 0.25) is 5.91 Å². The van der Waals surface area contributed by atoms with Gasteiger partial charge in [0.15, 0.2) is 0 Å². The number of rotatable bonds is 7. The smallest absolute Gasteiger partial charge is 0.241 e. The number of aliphatic hydroxyl groups is 1. The Hall–Kier alpha value is -1.43. The van der Waals surface area contributed by atoms with Crippen LogP contribution in [0.15, 0.2) is 24.3 Å². The summed E-state index contributed by atoms with van der Waals surface area (Å²) in [6.07, 6.45) is 2.92. The van der Waals surface area contributed by atoms with Crippen LogP contribution in [0.25, 0.3) is 0 Å². The second kappa shape index (κ2) is 9.16. The van der Waals surface area contributed by atoms with Crippen LogP contribution >= 0.6 is 0 Å². The molecule has 1 amide bonds. The van der Waals surface area contributed by atoms with Crippen LogP contribution in [0.1, 0.15) is 31.7 Å². The zero-order chi connectivity index (χ0) is 17.5. The first kappa shape index (κ1) is 18.9. The third-order valence-corrected chi connectivity index (χ3v) is 4.88. The van der Waals surface area contributed by atoms with Crippen LogP contribution in [0, 0.1) is 5.92 Å². The molecule has 1 aliphatic rings. The Balaban J connectivity index is 1.93. The highest BCUT2D eigenvalue weighted by molar-refractivity contribution is 5.94. The van der Waals surface area contributed by atoms with E-state index < -0.39 is 0 Å². The van der Waals surface area contributed by atoms with Gasteiger partial charge in [0.1, 0.15) is 0 Å². The van der Waals surface area contributed by atoms with Gasteiger partial charge in [-0.25, -0.2) is 0 Å². The van der Waals surface area contributed by atoms with Gasteiger partial charge in [-0.1, -0.05) is 19.1 Å². The van der Waals surface area contributed by atoms with Gasteiger partial charge in [0.25, 0.3) is 0 Å². The molecule has 0 aromatic heterocycles. The molecule has 1 heterocycles. The number of nitrogens with one attached hydrogen (secondary N) is 1. The summed E-state index contributed by atoms with van der Waals surface area (Å²) < 4.78 is 0. The van der Waals surface area contributed by atoms with Crippen molar-refractivity contribution in [3.8, 4) is 0 Å². The van der Waals surface area contributed by atoms with Gasteiger partial charge in [-0.05, 0) is 70.1 Å². The van der Waals surface area contributed by atoms with Crippen LogP contribution in [0.2, 0.25) is 0 Å². The quantitative estimate of drug-likeness (QED) is 0.803. The number of likely N-dealkylation sites (tertiary alicyclic amines) is 1. The Labute approximate surface area is 145 Å². The number of carbonyl (C=O) groups is 1. The fourth-order valence-corrected chi connectivity index (χ4v) is 3.34. The van der Waals surface area contributed by atoms with E-state index in [4.69, 9.17) is 0 Å². The SMILES string of the molecule is CCC(C(=O)Nc1cccc(CN2CCC(CO)CC2)c1)N(C)C. The van der Waals surface area contributed by atoms with Gasteiger partial charge in [-0.15, -0.1) is 0 Å². The lowest BCUT2D eigenvalue weighted by Gasteiger charge is -2.31. The van der Waals surface area contributed by atoms with E-state index in [1.54, 1.807) is 0 Å². The van der Waals surface area contributed by atoms with Crippen molar-refractivity contribution in [2.75, 3.05) is 39.1 Å². The number of piperidine rings is 1. The van der Waals surface area contributed by atoms with E-state index >= 15 is 0 Å². The van der Waals surface area contributed by atoms with E-state index in [0.29, 0.717) is 12.5 Å². The number of aliphatic hydroxyl groups excluding tert-OH is 1. The number of likely N-dealkylation sites (N-methyl/N-ethyl adjacent to an activating group) is 1. The van der Waals surface area contributed by atoms with Crippen molar-refractivity contribution >= 4 is 11.6 Å². The summed E-state index contributed by atoms with van der Waals surface area (Å²) in [6, 6.07) is 8.02. The Bertz CT molecular complexity index is 525. The molecular formula is C19H31N3O2. The molecule has 0 saturated carbocycles. The Morgan fingerprint density at radius 1 is 1.38 bits per heavy atom. The van der Waals surface area contributed by atoms with Crippen molar-refractivity contribution in [3.63, 3.8) is 0 Å². The molecule has 0 spiro atoms. The fourth-order valence-electron chi connectivity index (χ4n) is 3.34. The van der Waals surface area contributed by atoms with Crippen molar-refractivity contribution < 1.29 is 9.90 Å². The maximum Gasteiger partial charge on any atom is 0.241 e. The summed E-state index contributed by atoms with van der Waals surface area (Å²) in [6.45, 7) is 5.28. The molecule has 1 unspecified atom stereocenters. The van der Waals surface area contributed by atoms with Gasteiger partial charge in [-0.2, -0.15) is 0 Å². The standard InChI is InChI=1S/C19H31N3O2/c1-4-18(21(2)3)19(24)20-17-7-5-6-16(12-17)13-22-10-8-15(14-23)9-11-22/h5-7,12,15,18,23H,4,8-11,13-14H2,1-3H3,(H,20,24). The van der Waals surface area contributed by atoms with Crippen molar-refractivity contribution in [2.24, 2.45) is 5.92 Å². The summed E-state index contributed by atoms with van der Waals surface area (Å²) in [7, 11) is 3.86. The lowest BCUT2D eigenvalue weighted by atomic mass is 9.97. The molecule has 5 heteroatoms. The minimum atomic E-state index is -0.105. The van der Waals surface area contributed by atoms with Crippen LogP contribution in [-0.2, 0) is 11.3 Å². The van der Waals surface area contributed by atoms with Gasteiger partial charge in [-0.3, -0.25) is 14.6 Å². The van der Waals surface area contributed by atoms with E-state index in [9.17, 15) is 9.90 Å². The second-order valence-corrected chi connectivity index (χ2v) is 6.98. The normalized spacial score (nSPS) is 17.9. The molecule has 0 aliphatic carbocycles. The topological polar surface area (TPSA) is 55.8 Å². The molecule has 134 valence electrons. The Kier molecular flexibility index (Phi) is 7.21. The number of amides is 1. The van der Waals surface area contributed by atoms with Gasteiger partial charge < -0.3 is 10.4 Å². The predicted octanol–water partition coefficient (Wildman–Crippen LogP) is 2.17. The van der Waals surface area contributed by atoms with E-state index in [1.165, 1.54) is 5.56 Å². The van der Waals surface area contributed by atoms with E-state index in [-0.39, 0.29) is 11.9 Å². The zero-order valence-corrected chi connectivity index (χ0v) is 15.2. The van der Waals surface area contributed by atoms with E-state index in [0.717, 1.165) is 44.6 Å². The van der Waals surface area contributed by atoms with Gasteiger partial charge in [0, 0.05) is 18.8 Å². The number of nitrogens with zero attached hydrogens (tertiary/aromatic N) is 2. The molecule has 24 heavy (non-hydrogen) atoms. The minimum absolute atomic E-state index is 0.0448. The first-order valence-electron chi connectivity index (χ1n) is 8.93. The van der Waals surface area contributed by atoms with Crippen LogP contribution in [0.5, 0.6) is 0 Å². The number of benzene rings is 1. The maximum atomic E-state index is 12.4. The van der Waals surface area contributed by atoms with Crippen LogP contribution in [0.4, 0.5) is 5.69 Å². The van der Waals surface area contributed by atoms with Crippen LogP contribution in [-0.4, -0.2) is 60.6 Å². The summed E-state index contributed by atoms with van der Waals surface area (Å²) in [4.78, 5) is 16.7.